The maximum Gasteiger partial charge on any atom is 0.317 e. The van der Waals surface area contributed by atoms with Crippen LogP contribution in [0.4, 0.5) is 4.79 Å². The lowest BCUT2D eigenvalue weighted by atomic mass is 9.96. The third-order valence-electron chi connectivity index (χ3n) is 4.20. The highest BCUT2D eigenvalue weighted by molar-refractivity contribution is 5.81. The molecule has 0 aromatic heterocycles. The normalized spacial score (nSPS) is 24.3. The van der Waals surface area contributed by atoms with Crippen LogP contribution in [0.15, 0.2) is 0 Å². The van der Waals surface area contributed by atoms with Crippen LogP contribution in [0.3, 0.4) is 0 Å². The number of hydrogen-bond donors (Lipinski definition) is 1. The Morgan fingerprint density at radius 1 is 1.11 bits per heavy atom. The van der Waals surface area contributed by atoms with Crippen LogP contribution in [-0.4, -0.2) is 55.0 Å². The smallest absolute Gasteiger partial charge is 0.317 e. The molecular weight excluding hydrogens is 242 g/mol. The molecular formula is C14H25N3O2. The second-order valence-electron chi connectivity index (χ2n) is 5.95. The molecule has 0 aromatic rings. The molecule has 108 valence electrons. The minimum absolute atomic E-state index is 0.0148. The third-order valence-corrected chi connectivity index (χ3v) is 4.20. The molecule has 19 heavy (non-hydrogen) atoms. The lowest BCUT2D eigenvalue weighted by molar-refractivity contribution is -0.132. The average molecular weight is 267 g/mol. The number of nitrogens with zero attached hydrogens (tertiary/aromatic N) is 2. The summed E-state index contributed by atoms with van der Waals surface area (Å²) in [6.07, 6.45) is 6.70. The van der Waals surface area contributed by atoms with Crippen molar-refractivity contribution in [3.8, 4) is 0 Å². The van der Waals surface area contributed by atoms with E-state index in [1.807, 2.05) is 0 Å². The number of rotatable bonds is 2. The van der Waals surface area contributed by atoms with Gasteiger partial charge in [0.05, 0.1) is 5.92 Å². The Balaban J connectivity index is 1.79. The predicted molar refractivity (Wildman–Crippen MR) is 73.8 cm³/mol. The van der Waals surface area contributed by atoms with Crippen molar-refractivity contribution in [1.82, 2.24) is 15.1 Å². The van der Waals surface area contributed by atoms with Crippen molar-refractivity contribution in [2.24, 2.45) is 5.92 Å². The van der Waals surface area contributed by atoms with Gasteiger partial charge < -0.3 is 15.1 Å². The number of urea groups is 1. The van der Waals surface area contributed by atoms with Gasteiger partial charge in [0.1, 0.15) is 0 Å². The van der Waals surface area contributed by atoms with E-state index in [2.05, 4.69) is 5.32 Å². The lowest BCUT2D eigenvalue weighted by Gasteiger charge is -2.26. The highest BCUT2D eigenvalue weighted by Gasteiger charge is 2.32. The van der Waals surface area contributed by atoms with Crippen LogP contribution >= 0.6 is 0 Å². The van der Waals surface area contributed by atoms with Gasteiger partial charge in [-0.25, -0.2) is 4.79 Å². The molecule has 1 aliphatic heterocycles. The van der Waals surface area contributed by atoms with Gasteiger partial charge in [-0.3, -0.25) is 4.79 Å². The summed E-state index contributed by atoms with van der Waals surface area (Å²) >= 11 is 0. The van der Waals surface area contributed by atoms with E-state index in [4.69, 9.17) is 0 Å². The molecule has 1 atom stereocenters. The fourth-order valence-corrected chi connectivity index (χ4v) is 3.02. The van der Waals surface area contributed by atoms with E-state index in [1.54, 1.807) is 23.9 Å². The fourth-order valence-electron chi connectivity index (χ4n) is 3.02. The minimum atomic E-state index is -0.0212. The zero-order valence-corrected chi connectivity index (χ0v) is 12.0. The molecule has 0 radical (unpaired) electrons. The lowest BCUT2D eigenvalue weighted by Crippen LogP contribution is -2.45. The number of nitrogens with one attached hydrogen (secondary N) is 1. The van der Waals surface area contributed by atoms with Gasteiger partial charge in [0.2, 0.25) is 5.91 Å². The number of carbonyl (C=O) groups is 2. The topological polar surface area (TPSA) is 52.7 Å². The summed E-state index contributed by atoms with van der Waals surface area (Å²) in [4.78, 5) is 27.4. The van der Waals surface area contributed by atoms with Gasteiger partial charge in [-0.05, 0) is 19.3 Å². The van der Waals surface area contributed by atoms with Crippen LogP contribution < -0.4 is 5.32 Å². The number of hydrogen-bond acceptors (Lipinski definition) is 2. The first-order chi connectivity index (χ1) is 9.08. The van der Waals surface area contributed by atoms with Crippen LogP contribution in [0.2, 0.25) is 0 Å². The molecule has 3 amide bonds. The molecule has 2 aliphatic rings. The number of amides is 3. The molecule has 5 heteroatoms. The Kier molecular flexibility index (Phi) is 4.66. The summed E-state index contributed by atoms with van der Waals surface area (Å²) in [5.74, 6) is 0.111. The predicted octanol–water partition coefficient (Wildman–Crippen LogP) is 1.44. The highest BCUT2D eigenvalue weighted by atomic mass is 16.2. The number of carbonyl (C=O) groups excluding carboxylic acids is 2. The maximum atomic E-state index is 12.1. The van der Waals surface area contributed by atoms with Gasteiger partial charge in [0.25, 0.3) is 0 Å². The van der Waals surface area contributed by atoms with Gasteiger partial charge in [0.15, 0.2) is 0 Å². The SMILES string of the molecule is CN(C)C(=O)C1CCN(C(=O)NC2CCCCC2)C1. The molecule has 0 aromatic carbocycles. The van der Waals surface area contributed by atoms with Crippen molar-refractivity contribution in [3.63, 3.8) is 0 Å². The zero-order chi connectivity index (χ0) is 13.8. The van der Waals surface area contributed by atoms with Crippen molar-refractivity contribution in [2.45, 2.75) is 44.6 Å². The van der Waals surface area contributed by atoms with Crippen LogP contribution in [-0.2, 0) is 4.79 Å². The van der Waals surface area contributed by atoms with Crippen molar-refractivity contribution in [3.05, 3.63) is 0 Å². The van der Waals surface area contributed by atoms with E-state index < -0.39 is 0 Å². The fraction of sp³-hybridized carbons (Fsp3) is 0.857. The van der Waals surface area contributed by atoms with E-state index >= 15 is 0 Å². The van der Waals surface area contributed by atoms with Crippen LogP contribution in [0, 0.1) is 5.92 Å². The molecule has 1 N–H and O–H groups in total. The average Bonchev–Trinajstić information content (AvgIpc) is 2.88. The summed E-state index contributed by atoms with van der Waals surface area (Å²) in [7, 11) is 3.54. The Morgan fingerprint density at radius 2 is 1.79 bits per heavy atom. The monoisotopic (exact) mass is 267 g/mol. The zero-order valence-electron chi connectivity index (χ0n) is 12.0. The molecule has 1 aliphatic carbocycles. The Bertz CT molecular complexity index is 338. The van der Waals surface area contributed by atoms with Gasteiger partial charge >= 0.3 is 6.03 Å². The molecule has 2 rings (SSSR count). The maximum absolute atomic E-state index is 12.1. The van der Waals surface area contributed by atoms with E-state index in [0.717, 1.165) is 19.3 Å². The Morgan fingerprint density at radius 3 is 2.42 bits per heavy atom. The summed E-state index contributed by atoms with van der Waals surface area (Å²) in [5, 5.41) is 3.11. The third kappa shape index (κ3) is 3.61. The van der Waals surface area contributed by atoms with Crippen LogP contribution in [0.5, 0.6) is 0 Å². The van der Waals surface area contributed by atoms with Gasteiger partial charge in [-0.15, -0.1) is 0 Å². The van der Waals surface area contributed by atoms with Crippen molar-refractivity contribution in [2.75, 3.05) is 27.2 Å². The van der Waals surface area contributed by atoms with E-state index in [1.165, 1.54) is 19.3 Å². The van der Waals surface area contributed by atoms with Crippen molar-refractivity contribution < 1.29 is 9.59 Å². The molecule has 0 spiro atoms. The highest BCUT2D eigenvalue weighted by Crippen LogP contribution is 2.20. The van der Waals surface area contributed by atoms with Gasteiger partial charge in [-0.2, -0.15) is 0 Å². The van der Waals surface area contributed by atoms with Crippen molar-refractivity contribution in [1.29, 1.82) is 0 Å². The Labute approximate surface area is 115 Å². The first-order valence-corrected chi connectivity index (χ1v) is 7.34. The molecule has 1 heterocycles. The second-order valence-corrected chi connectivity index (χ2v) is 5.95. The van der Waals surface area contributed by atoms with Crippen molar-refractivity contribution >= 4 is 11.9 Å². The van der Waals surface area contributed by atoms with E-state index in [0.29, 0.717) is 19.1 Å². The van der Waals surface area contributed by atoms with Crippen LogP contribution in [0.25, 0.3) is 0 Å². The first kappa shape index (κ1) is 14.2. The quantitative estimate of drug-likeness (QED) is 0.823. The number of likely N-dealkylation sites (tertiary alicyclic amines) is 1. The summed E-state index contributed by atoms with van der Waals surface area (Å²) in [6, 6.07) is 0.353. The molecule has 5 nitrogen and oxygen atoms in total. The van der Waals surface area contributed by atoms with E-state index in [-0.39, 0.29) is 17.9 Å². The largest absolute Gasteiger partial charge is 0.349 e. The summed E-state index contributed by atoms with van der Waals surface area (Å²) in [5.41, 5.74) is 0. The first-order valence-electron chi connectivity index (χ1n) is 7.34. The summed E-state index contributed by atoms with van der Waals surface area (Å²) in [6.45, 7) is 1.26. The minimum Gasteiger partial charge on any atom is -0.349 e. The summed E-state index contributed by atoms with van der Waals surface area (Å²) < 4.78 is 0. The molecule has 2 fully saturated rings. The van der Waals surface area contributed by atoms with Gasteiger partial charge in [-0.1, -0.05) is 19.3 Å². The van der Waals surface area contributed by atoms with Gasteiger partial charge in [0, 0.05) is 33.2 Å². The Hall–Kier alpha value is -1.26. The van der Waals surface area contributed by atoms with E-state index in [9.17, 15) is 9.59 Å². The molecule has 1 saturated heterocycles. The molecule has 0 bridgehead atoms. The molecule has 1 unspecified atom stereocenters. The van der Waals surface area contributed by atoms with Crippen LogP contribution in [0.1, 0.15) is 38.5 Å². The second kappa shape index (κ2) is 6.26. The molecule has 1 saturated carbocycles. The standard InChI is InChI=1S/C14H25N3O2/c1-16(2)13(18)11-8-9-17(10-11)14(19)15-12-6-4-3-5-7-12/h11-12H,3-10H2,1-2H3,(H,15,19).